The molecule has 1 rings (SSSR count). The van der Waals surface area contributed by atoms with Crippen molar-refractivity contribution < 1.29 is 0 Å². The molecule has 4 heteroatoms. The number of benzene rings is 1. The molecule has 1 aromatic carbocycles. The molecule has 0 aliphatic heterocycles. The molecule has 4 N–H and O–H groups in total. The second kappa shape index (κ2) is 21.7. The predicted molar refractivity (Wildman–Crippen MR) is 110 cm³/mol. The third-order valence-corrected chi connectivity index (χ3v) is 3.88. The maximum Gasteiger partial charge on any atom is 0.0205 e. The monoisotopic (exact) mass is 364 g/mol. The number of halogens is 2. The highest BCUT2D eigenvalue weighted by molar-refractivity contribution is 5.85. The fourth-order valence-electron chi connectivity index (χ4n) is 2.57. The summed E-state index contributed by atoms with van der Waals surface area (Å²) in [5.74, 6) is 0. The Bertz CT molecular complexity index is 307. The first kappa shape index (κ1) is 27.6. The molecule has 0 aliphatic rings. The van der Waals surface area contributed by atoms with Gasteiger partial charge in [-0.05, 0) is 18.5 Å². The molecule has 1 aromatic rings. The van der Waals surface area contributed by atoms with E-state index in [-0.39, 0.29) is 31.0 Å². The molecule has 2 nitrogen and oxygen atoms in total. The summed E-state index contributed by atoms with van der Waals surface area (Å²) < 4.78 is 0. The molecule has 0 fully saturated rings. The summed E-state index contributed by atoms with van der Waals surface area (Å²) in [5.41, 5.74) is 1.39. The first-order chi connectivity index (χ1) is 9.93. The minimum absolute atomic E-state index is 0. The third kappa shape index (κ3) is 17.9. The molecule has 23 heavy (non-hydrogen) atoms. The smallest absolute Gasteiger partial charge is 0.0205 e. The van der Waals surface area contributed by atoms with Crippen LogP contribution < -0.4 is 11.5 Å². The van der Waals surface area contributed by atoms with Crippen LogP contribution in [0.5, 0.6) is 0 Å². The Morgan fingerprint density at radius 1 is 0.696 bits per heavy atom. The first-order valence-electron chi connectivity index (χ1n) is 8.68. The van der Waals surface area contributed by atoms with Gasteiger partial charge in [0.05, 0.1) is 0 Å². The summed E-state index contributed by atoms with van der Waals surface area (Å²) in [7, 11) is 0. The van der Waals surface area contributed by atoms with E-state index in [1.54, 1.807) is 0 Å². The van der Waals surface area contributed by atoms with Crippen molar-refractivity contribution in [2.75, 3.05) is 6.54 Å². The topological polar surface area (TPSA) is 47.0 Å². The highest BCUT2D eigenvalue weighted by atomic mass is 35.5. The van der Waals surface area contributed by atoms with Crippen molar-refractivity contribution in [1.29, 1.82) is 0 Å². The Hall–Kier alpha value is -0.280. The summed E-state index contributed by atoms with van der Waals surface area (Å²) in [6.45, 7) is 4.45. The molecule has 0 radical (unpaired) electrons. The van der Waals surface area contributed by atoms with Crippen LogP contribution in [0.2, 0.25) is 0 Å². The van der Waals surface area contributed by atoms with Crippen molar-refractivity contribution >= 4 is 24.8 Å². The van der Waals surface area contributed by atoms with Gasteiger partial charge >= 0.3 is 0 Å². The Morgan fingerprint density at radius 3 is 1.70 bits per heavy atom. The van der Waals surface area contributed by atoms with Crippen LogP contribution in [0.4, 0.5) is 0 Å². The van der Waals surface area contributed by atoms with E-state index in [9.17, 15) is 0 Å². The molecule has 0 bridgehead atoms. The van der Waals surface area contributed by atoms with Crippen molar-refractivity contribution in [1.82, 2.24) is 11.5 Å². The third-order valence-electron chi connectivity index (χ3n) is 3.88. The van der Waals surface area contributed by atoms with Gasteiger partial charge in [0.25, 0.3) is 0 Å². The molecule has 0 spiro atoms. The minimum atomic E-state index is 0. The van der Waals surface area contributed by atoms with Gasteiger partial charge in [0.1, 0.15) is 0 Å². The maximum atomic E-state index is 3.53. The lowest BCUT2D eigenvalue weighted by atomic mass is 10.1. The predicted octanol–water partition coefficient (Wildman–Crippen LogP) is 6.70. The lowest BCUT2D eigenvalue weighted by Gasteiger charge is -2.05. The maximum absolute atomic E-state index is 3.53. The van der Waals surface area contributed by atoms with Crippen molar-refractivity contribution in [3.05, 3.63) is 35.9 Å². The normalized spacial score (nSPS) is 9.43. The van der Waals surface area contributed by atoms with Gasteiger partial charge in [-0.15, -0.1) is 24.8 Å². The van der Waals surface area contributed by atoms with Gasteiger partial charge in [0.15, 0.2) is 0 Å². The lowest BCUT2D eigenvalue weighted by Crippen LogP contribution is -2.14. The van der Waals surface area contributed by atoms with Crippen molar-refractivity contribution in [3.63, 3.8) is 0 Å². The molecule has 0 unspecified atom stereocenters. The van der Waals surface area contributed by atoms with Crippen LogP contribution in [-0.4, -0.2) is 6.54 Å². The largest absolute Gasteiger partial charge is 0.344 e. The fourth-order valence-corrected chi connectivity index (χ4v) is 2.57. The molecule has 0 saturated heterocycles. The molecule has 0 aromatic heterocycles. The molecule has 0 amide bonds. The van der Waals surface area contributed by atoms with Crippen LogP contribution in [0.3, 0.4) is 0 Å². The van der Waals surface area contributed by atoms with E-state index in [0.29, 0.717) is 0 Å². The Labute approximate surface area is 156 Å². The van der Waals surface area contributed by atoms with E-state index in [4.69, 9.17) is 0 Å². The average molecular weight is 365 g/mol. The lowest BCUT2D eigenvalue weighted by molar-refractivity contribution is 0.543. The van der Waals surface area contributed by atoms with E-state index in [0.717, 1.165) is 13.1 Å². The first-order valence-corrected chi connectivity index (χ1v) is 8.68. The van der Waals surface area contributed by atoms with Gasteiger partial charge < -0.3 is 11.5 Å². The SMILES string of the molecule is CCCCCCCCCCCCNCc1ccccc1.Cl.Cl.N. The van der Waals surface area contributed by atoms with Crippen molar-refractivity contribution in [3.8, 4) is 0 Å². The van der Waals surface area contributed by atoms with Gasteiger partial charge in [-0.1, -0.05) is 95.0 Å². The highest BCUT2D eigenvalue weighted by Crippen LogP contribution is 2.10. The summed E-state index contributed by atoms with van der Waals surface area (Å²) in [6, 6.07) is 10.7. The second-order valence-corrected chi connectivity index (χ2v) is 5.84. The summed E-state index contributed by atoms with van der Waals surface area (Å²) >= 11 is 0. The average Bonchev–Trinajstić information content (AvgIpc) is 2.49. The van der Waals surface area contributed by atoms with E-state index in [1.165, 1.54) is 69.8 Å². The summed E-state index contributed by atoms with van der Waals surface area (Å²) in [5, 5.41) is 3.53. The Kier molecular flexibility index (Phi) is 26.0. The van der Waals surface area contributed by atoms with Gasteiger partial charge in [-0.2, -0.15) is 0 Å². The van der Waals surface area contributed by atoms with E-state index in [1.807, 2.05) is 0 Å². The fraction of sp³-hybridized carbons (Fsp3) is 0.684. The molecule has 0 heterocycles. The second-order valence-electron chi connectivity index (χ2n) is 5.84. The van der Waals surface area contributed by atoms with Crippen LogP contribution in [0.25, 0.3) is 0 Å². The van der Waals surface area contributed by atoms with Crippen molar-refractivity contribution in [2.45, 2.75) is 77.7 Å². The quantitative estimate of drug-likeness (QED) is 0.382. The van der Waals surface area contributed by atoms with Crippen LogP contribution >= 0.6 is 24.8 Å². The van der Waals surface area contributed by atoms with Gasteiger partial charge in [-0.3, -0.25) is 0 Å². The molecule has 138 valence electrons. The van der Waals surface area contributed by atoms with Gasteiger partial charge in [-0.25, -0.2) is 0 Å². The van der Waals surface area contributed by atoms with E-state index >= 15 is 0 Å². The van der Waals surface area contributed by atoms with Crippen LogP contribution in [0.1, 0.15) is 76.7 Å². The molecular weight excluding hydrogens is 327 g/mol. The molecular formula is C19H38Cl2N2. The number of hydrogen-bond acceptors (Lipinski definition) is 2. The van der Waals surface area contributed by atoms with Crippen LogP contribution in [-0.2, 0) is 6.54 Å². The zero-order valence-corrected chi connectivity index (χ0v) is 16.5. The summed E-state index contributed by atoms with van der Waals surface area (Å²) in [6.07, 6.45) is 14.1. The van der Waals surface area contributed by atoms with Gasteiger partial charge in [0, 0.05) is 6.54 Å². The van der Waals surface area contributed by atoms with Crippen LogP contribution in [0.15, 0.2) is 30.3 Å². The Balaban J connectivity index is -0.00000133. The number of unbranched alkanes of at least 4 members (excludes halogenated alkanes) is 9. The minimum Gasteiger partial charge on any atom is -0.344 e. The number of hydrogen-bond donors (Lipinski definition) is 2. The van der Waals surface area contributed by atoms with Crippen LogP contribution in [0, 0.1) is 0 Å². The number of nitrogens with one attached hydrogen (secondary N) is 1. The number of rotatable bonds is 13. The van der Waals surface area contributed by atoms with Crippen molar-refractivity contribution in [2.24, 2.45) is 0 Å². The van der Waals surface area contributed by atoms with Gasteiger partial charge in [0.2, 0.25) is 0 Å². The summed E-state index contributed by atoms with van der Waals surface area (Å²) in [4.78, 5) is 0. The highest BCUT2D eigenvalue weighted by Gasteiger charge is 1.93. The molecule has 0 saturated carbocycles. The Morgan fingerprint density at radius 2 is 1.17 bits per heavy atom. The molecule has 0 atom stereocenters. The molecule has 0 aliphatic carbocycles. The standard InChI is InChI=1S/C19H33N.2ClH.H3N/c1-2-3-4-5-6-7-8-9-10-14-17-20-18-19-15-12-11-13-16-19;;;/h11-13,15-16,20H,2-10,14,17-18H2,1H3;2*1H;1H3. The zero-order chi connectivity index (χ0) is 14.3. The van der Waals surface area contributed by atoms with E-state index < -0.39 is 0 Å². The zero-order valence-electron chi connectivity index (χ0n) is 14.9. The van der Waals surface area contributed by atoms with E-state index in [2.05, 4.69) is 42.6 Å².